The fourth-order valence-electron chi connectivity index (χ4n) is 2.95. The van der Waals surface area contributed by atoms with E-state index < -0.39 is 0 Å². The Morgan fingerprint density at radius 2 is 1.95 bits per heavy atom. The summed E-state index contributed by atoms with van der Waals surface area (Å²) in [6.45, 7) is 6.83. The van der Waals surface area contributed by atoms with Gasteiger partial charge in [-0.2, -0.15) is 0 Å². The van der Waals surface area contributed by atoms with Crippen molar-refractivity contribution < 1.29 is 5.11 Å². The molecule has 1 fully saturated rings. The first kappa shape index (κ1) is 15.3. The number of rotatable bonds is 5. The summed E-state index contributed by atoms with van der Waals surface area (Å²) in [5.41, 5.74) is 9.77. The minimum Gasteiger partial charge on any atom is -0.394 e. The summed E-state index contributed by atoms with van der Waals surface area (Å²) in [4.78, 5) is 2.51. The third-order valence-electron chi connectivity index (χ3n) is 4.52. The molecule has 0 bridgehead atoms. The summed E-state index contributed by atoms with van der Waals surface area (Å²) in [6, 6.07) is 6.22. The maximum atomic E-state index is 9.26. The largest absolute Gasteiger partial charge is 0.394 e. The van der Waals surface area contributed by atoms with Gasteiger partial charge in [-0.15, -0.1) is 0 Å². The van der Waals surface area contributed by atoms with Gasteiger partial charge in [-0.1, -0.05) is 26.0 Å². The molecule has 0 amide bonds. The summed E-state index contributed by atoms with van der Waals surface area (Å²) in [6.07, 6.45) is 5.05. The second kappa shape index (κ2) is 7.09. The molecule has 3 nitrogen and oxygen atoms in total. The Morgan fingerprint density at radius 1 is 1.25 bits per heavy atom. The molecule has 3 heteroatoms. The monoisotopic (exact) mass is 276 g/mol. The molecule has 2 atom stereocenters. The quantitative estimate of drug-likeness (QED) is 0.868. The molecule has 1 aromatic carbocycles. The van der Waals surface area contributed by atoms with Crippen molar-refractivity contribution in [1.82, 2.24) is 0 Å². The molecule has 1 aromatic rings. The molecule has 2 rings (SSSR count). The van der Waals surface area contributed by atoms with Crippen LogP contribution in [0.5, 0.6) is 0 Å². The second-order valence-corrected chi connectivity index (χ2v) is 5.96. The van der Waals surface area contributed by atoms with Crippen LogP contribution in [0.25, 0.3) is 0 Å². The molecule has 1 aliphatic heterocycles. The highest BCUT2D eigenvalue weighted by Crippen LogP contribution is 2.33. The third kappa shape index (κ3) is 3.33. The van der Waals surface area contributed by atoms with Crippen LogP contribution >= 0.6 is 0 Å². The first-order chi connectivity index (χ1) is 9.67. The topological polar surface area (TPSA) is 49.5 Å². The van der Waals surface area contributed by atoms with Crippen molar-refractivity contribution in [2.75, 3.05) is 24.6 Å². The van der Waals surface area contributed by atoms with Gasteiger partial charge in [0.25, 0.3) is 0 Å². The molecule has 0 saturated carbocycles. The Bertz CT molecular complexity index is 427. The van der Waals surface area contributed by atoms with Crippen molar-refractivity contribution in [3.8, 4) is 0 Å². The Kier molecular flexibility index (Phi) is 5.44. The average molecular weight is 276 g/mol. The minimum atomic E-state index is -0.270. The van der Waals surface area contributed by atoms with Crippen molar-refractivity contribution in [2.24, 2.45) is 5.73 Å². The smallest absolute Gasteiger partial charge is 0.0624 e. The fourth-order valence-corrected chi connectivity index (χ4v) is 2.95. The van der Waals surface area contributed by atoms with Gasteiger partial charge in [0.1, 0.15) is 0 Å². The van der Waals surface area contributed by atoms with Gasteiger partial charge in [0.2, 0.25) is 0 Å². The first-order valence-corrected chi connectivity index (χ1v) is 7.92. The summed E-state index contributed by atoms with van der Waals surface area (Å²) in [5, 5.41) is 9.26. The molecule has 0 aromatic heterocycles. The lowest BCUT2D eigenvalue weighted by Crippen LogP contribution is -2.30. The normalized spacial score (nSPS) is 18.9. The number of anilines is 1. The number of nitrogens with zero attached hydrogens (tertiary/aromatic N) is 1. The van der Waals surface area contributed by atoms with E-state index in [1.165, 1.54) is 30.5 Å². The minimum absolute atomic E-state index is 0.00298. The molecule has 3 N–H and O–H groups in total. The van der Waals surface area contributed by atoms with Gasteiger partial charge < -0.3 is 15.7 Å². The van der Waals surface area contributed by atoms with Gasteiger partial charge >= 0.3 is 0 Å². The zero-order valence-electron chi connectivity index (χ0n) is 12.8. The third-order valence-corrected chi connectivity index (χ3v) is 4.52. The van der Waals surface area contributed by atoms with Gasteiger partial charge in [-0.25, -0.2) is 0 Å². The van der Waals surface area contributed by atoms with Crippen molar-refractivity contribution >= 4 is 5.69 Å². The van der Waals surface area contributed by atoms with E-state index in [2.05, 4.69) is 36.9 Å². The number of hydrogen-bond acceptors (Lipinski definition) is 3. The number of nitrogens with two attached hydrogens (primary N) is 1. The molecule has 112 valence electrons. The van der Waals surface area contributed by atoms with E-state index in [1.807, 2.05) is 0 Å². The van der Waals surface area contributed by atoms with Crippen molar-refractivity contribution in [3.63, 3.8) is 0 Å². The molecular formula is C17H28N2O. The predicted molar refractivity (Wildman–Crippen MR) is 85.2 cm³/mol. The summed E-state index contributed by atoms with van der Waals surface area (Å²) >= 11 is 0. The van der Waals surface area contributed by atoms with Crippen LogP contribution in [0.4, 0.5) is 5.69 Å². The highest BCUT2D eigenvalue weighted by atomic mass is 16.3. The SMILES string of the molecule is CCC(C)c1cc([C@@H](N)CO)ccc1N1CCCCC1. The van der Waals surface area contributed by atoms with Gasteiger partial charge in [-0.05, 0) is 48.8 Å². The van der Waals surface area contributed by atoms with Crippen molar-refractivity contribution in [3.05, 3.63) is 29.3 Å². The Balaban J connectivity index is 2.34. The van der Waals surface area contributed by atoms with Crippen LogP contribution in [0.15, 0.2) is 18.2 Å². The summed E-state index contributed by atoms with van der Waals surface area (Å²) < 4.78 is 0. The second-order valence-electron chi connectivity index (χ2n) is 5.96. The zero-order chi connectivity index (χ0) is 14.5. The zero-order valence-corrected chi connectivity index (χ0v) is 12.8. The molecule has 0 radical (unpaired) electrons. The Labute approximate surface area is 122 Å². The van der Waals surface area contributed by atoms with E-state index in [4.69, 9.17) is 5.73 Å². The van der Waals surface area contributed by atoms with E-state index in [0.29, 0.717) is 5.92 Å². The van der Waals surface area contributed by atoms with Gasteiger partial charge in [0, 0.05) is 18.8 Å². The predicted octanol–water partition coefficient (Wildman–Crippen LogP) is 3.18. The highest BCUT2D eigenvalue weighted by molar-refractivity contribution is 5.57. The van der Waals surface area contributed by atoms with Crippen molar-refractivity contribution in [1.29, 1.82) is 0 Å². The molecule has 1 aliphatic rings. The lowest BCUT2D eigenvalue weighted by atomic mass is 9.92. The lowest BCUT2D eigenvalue weighted by Gasteiger charge is -2.32. The standard InChI is InChI=1S/C17H28N2O/c1-3-13(2)15-11-14(16(18)12-20)7-8-17(15)19-9-5-4-6-10-19/h7-8,11,13,16,20H,3-6,9-10,12,18H2,1-2H3/t13?,16-/m0/s1. The number of hydrogen-bond donors (Lipinski definition) is 2. The number of aliphatic hydroxyl groups excluding tert-OH is 1. The van der Waals surface area contributed by atoms with E-state index in [-0.39, 0.29) is 12.6 Å². The van der Waals surface area contributed by atoms with E-state index in [0.717, 1.165) is 25.1 Å². The number of aliphatic hydroxyl groups is 1. The fraction of sp³-hybridized carbons (Fsp3) is 0.647. The highest BCUT2D eigenvalue weighted by Gasteiger charge is 2.18. The van der Waals surface area contributed by atoms with E-state index in [9.17, 15) is 5.11 Å². The first-order valence-electron chi connectivity index (χ1n) is 7.92. The number of piperidine rings is 1. The van der Waals surface area contributed by atoms with Crippen LogP contribution in [-0.2, 0) is 0 Å². The molecule has 1 unspecified atom stereocenters. The average Bonchev–Trinajstić information content (AvgIpc) is 2.53. The van der Waals surface area contributed by atoms with Crippen LogP contribution in [0, 0.1) is 0 Å². The molecule has 20 heavy (non-hydrogen) atoms. The molecule has 0 spiro atoms. The van der Waals surface area contributed by atoms with Crippen LogP contribution in [0.1, 0.15) is 62.6 Å². The maximum absolute atomic E-state index is 9.26. The van der Waals surface area contributed by atoms with E-state index in [1.54, 1.807) is 0 Å². The van der Waals surface area contributed by atoms with Crippen molar-refractivity contribution in [2.45, 2.75) is 51.5 Å². The Morgan fingerprint density at radius 3 is 2.55 bits per heavy atom. The maximum Gasteiger partial charge on any atom is 0.0624 e. The summed E-state index contributed by atoms with van der Waals surface area (Å²) in [5.74, 6) is 0.526. The number of benzene rings is 1. The lowest BCUT2D eigenvalue weighted by molar-refractivity contribution is 0.268. The van der Waals surface area contributed by atoms with Crippen LogP contribution in [0.3, 0.4) is 0 Å². The molecular weight excluding hydrogens is 248 g/mol. The Hall–Kier alpha value is -1.06. The molecule has 0 aliphatic carbocycles. The van der Waals surface area contributed by atoms with E-state index >= 15 is 0 Å². The van der Waals surface area contributed by atoms with Gasteiger partial charge in [-0.3, -0.25) is 0 Å². The van der Waals surface area contributed by atoms with Crippen LogP contribution < -0.4 is 10.6 Å². The van der Waals surface area contributed by atoms with Gasteiger partial charge in [0.05, 0.1) is 12.6 Å². The van der Waals surface area contributed by atoms with Crippen LogP contribution in [-0.4, -0.2) is 24.8 Å². The molecule has 1 heterocycles. The van der Waals surface area contributed by atoms with Crippen LogP contribution in [0.2, 0.25) is 0 Å². The molecule has 1 saturated heterocycles. The van der Waals surface area contributed by atoms with Gasteiger partial charge in [0.15, 0.2) is 0 Å². The summed E-state index contributed by atoms with van der Waals surface area (Å²) in [7, 11) is 0.